The molecule has 2 N–H and O–H groups in total. The van der Waals surface area contributed by atoms with Crippen LogP contribution in [0.25, 0.3) is 0 Å². The predicted molar refractivity (Wildman–Crippen MR) is 82.4 cm³/mol. The fourth-order valence-corrected chi connectivity index (χ4v) is 2.27. The Kier molecular flexibility index (Phi) is 4.64. The summed E-state index contributed by atoms with van der Waals surface area (Å²) in [5, 5.41) is 13.6. The van der Waals surface area contributed by atoms with E-state index in [0.29, 0.717) is 12.3 Å². The summed E-state index contributed by atoms with van der Waals surface area (Å²) in [6.45, 7) is 4.58. The number of benzene rings is 2. The van der Waals surface area contributed by atoms with Gasteiger partial charge in [-0.3, -0.25) is 0 Å². The highest BCUT2D eigenvalue weighted by Crippen LogP contribution is 2.25. The van der Waals surface area contributed by atoms with E-state index in [4.69, 9.17) is 4.74 Å². The van der Waals surface area contributed by atoms with Crippen molar-refractivity contribution < 1.29 is 9.84 Å². The van der Waals surface area contributed by atoms with Gasteiger partial charge < -0.3 is 15.2 Å². The number of ether oxygens (including phenoxy) is 1. The Morgan fingerprint density at radius 1 is 1.15 bits per heavy atom. The van der Waals surface area contributed by atoms with E-state index in [1.807, 2.05) is 30.3 Å². The van der Waals surface area contributed by atoms with Gasteiger partial charge in [-0.2, -0.15) is 0 Å². The highest BCUT2D eigenvalue weighted by molar-refractivity contribution is 5.52. The molecule has 0 aliphatic rings. The maximum absolute atomic E-state index is 10.3. The lowest BCUT2D eigenvalue weighted by Crippen LogP contribution is -2.13. The third-order valence-electron chi connectivity index (χ3n) is 3.37. The number of aryl methyl sites for hydroxylation is 2. The number of hydrogen-bond acceptors (Lipinski definition) is 3. The van der Waals surface area contributed by atoms with Crippen molar-refractivity contribution in [2.45, 2.75) is 20.0 Å². The second-order valence-corrected chi connectivity index (χ2v) is 4.96. The molecule has 0 saturated heterocycles. The van der Waals surface area contributed by atoms with Crippen molar-refractivity contribution in [3.63, 3.8) is 0 Å². The lowest BCUT2D eigenvalue weighted by Gasteiger charge is -2.17. The van der Waals surface area contributed by atoms with Crippen LogP contribution in [-0.4, -0.2) is 18.8 Å². The smallest absolute Gasteiger partial charge is 0.124 e. The first-order valence-corrected chi connectivity index (χ1v) is 6.74. The van der Waals surface area contributed by atoms with Gasteiger partial charge in [0.15, 0.2) is 0 Å². The molecule has 0 saturated carbocycles. The molecule has 2 aromatic carbocycles. The zero-order valence-corrected chi connectivity index (χ0v) is 12.2. The number of rotatable bonds is 5. The SMILES string of the molecule is COc1ccccc1C(O)CNc1ccc(C)cc1C. The van der Waals surface area contributed by atoms with Gasteiger partial charge in [-0.15, -0.1) is 0 Å². The van der Waals surface area contributed by atoms with Gasteiger partial charge in [0.05, 0.1) is 13.2 Å². The van der Waals surface area contributed by atoms with Crippen molar-refractivity contribution in [1.29, 1.82) is 0 Å². The summed E-state index contributed by atoms with van der Waals surface area (Å²) < 4.78 is 5.27. The first kappa shape index (κ1) is 14.4. The maximum atomic E-state index is 10.3. The van der Waals surface area contributed by atoms with E-state index < -0.39 is 6.10 Å². The first-order chi connectivity index (χ1) is 9.61. The molecule has 1 unspecified atom stereocenters. The summed E-state index contributed by atoms with van der Waals surface area (Å²) >= 11 is 0. The van der Waals surface area contributed by atoms with Gasteiger partial charge in [-0.05, 0) is 31.5 Å². The molecule has 0 aliphatic heterocycles. The van der Waals surface area contributed by atoms with E-state index in [1.54, 1.807) is 7.11 Å². The van der Waals surface area contributed by atoms with E-state index in [9.17, 15) is 5.11 Å². The molecule has 0 aliphatic carbocycles. The van der Waals surface area contributed by atoms with Crippen LogP contribution in [0.15, 0.2) is 42.5 Å². The third kappa shape index (κ3) is 3.31. The van der Waals surface area contributed by atoms with Gasteiger partial charge >= 0.3 is 0 Å². The van der Waals surface area contributed by atoms with Gasteiger partial charge in [-0.1, -0.05) is 35.9 Å². The van der Waals surface area contributed by atoms with E-state index in [0.717, 1.165) is 11.3 Å². The summed E-state index contributed by atoms with van der Waals surface area (Å²) in [7, 11) is 1.61. The molecule has 0 amide bonds. The van der Waals surface area contributed by atoms with E-state index >= 15 is 0 Å². The molecular formula is C17H21NO2. The molecule has 0 bridgehead atoms. The number of aliphatic hydroxyl groups excluding tert-OH is 1. The van der Waals surface area contributed by atoms with Crippen molar-refractivity contribution in [3.05, 3.63) is 59.2 Å². The highest BCUT2D eigenvalue weighted by Gasteiger charge is 2.12. The van der Waals surface area contributed by atoms with Crippen LogP contribution in [0, 0.1) is 13.8 Å². The topological polar surface area (TPSA) is 41.5 Å². The molecule has 0 spiro atoms. The first-order valence-electron chi connectivity index (χ1n) is 6.74. The van der Waals surface area contributed by atoms with Gasteiger partial charge in [-0.25, -0.2) is 0 Å². The summed E-state index contributed by atoms with van der Waals surface area (Å²) in [6, 6.07) is 13.8. The third-order valence-corrected chi connectivity index (χ3v) is 3.37. The molecule has 2 aromatic rings. The molecule has 0 fully saturated rings. The predicted octanol–water partition coefficient (Wildman–Crippen LogP) is 3.46. The number of nitrogens with one attached hydrogen (secondary N) is 1. The molecule has 3 nitrogen and oxygen atoms in total. The average Bonchev–Trinajstić information content (AvgIpc) is 2.46. The Bertz CT molecular complexity index is 581. The van der Waals surface area contributed by atoms with E-state index in [2.05, 4.69) is 31.3 Å². The summed E-state index contributed by atoms with van der Waals surface area (Å²) in [5.74, 6) is 0.711. The molecule has 106 valence electrons. The Hall–Kier alpha value is -2.00. The Balaban J connectivity index is 2.06. The van der Waals surface area contributed by atoms with Crippen LogP contribution in [0.5, 0.6) is 5.75 Å². The van der Waals surface area contributed by atoms with Crippen molar-refractivity contribution in [3.8, 4) is 5.75 Å². The molecular weight excluding hydrogens is 250 g/mol. The normalized spacial score (nSPS) is 12.0. The van der Waals surface area contributed by atoms with Crippen LogP contribution in [0.2, 0.25) is 0 Å². The van der Waals surface area contributed by atoms with Crippen molar-refractivity contribution >= 4 is 5.69 Å². The number of methoxy groups -OCH3 is 1. The van der Waals surface area contributed by atoms with Crippen LogP contribution in [0.3, 0.4) is 0 Å². The number of anilines is 1. The van der Waals surface area contributed by atoms with Gasteiger partial charge in [0.1, 0.15) is 5.75 Å². The van der Waals surface area contributed by atoms with Crippen LogP contribution in [-0.2, 0) is 0 Å². The molecule has 3 heteroatoms. The fraction of sp³-hybridized carbons (Fsp3) is 0.294. The van der Waals surface area contributed by atoms with Crippen LogP contribution in [0.1, 0.15) is 22.8 Å². The second-order valence-electron chi connectivity index (χ2n) is 4.96. The average molecular weight is 271 g/mol. The highest BCUT2D eigenvalue weighted by atomic mass is 16.5. The number of hydrogen-bond donors (Lipinski definition) is 2. The van der Waals surface area contributed by atoms with Crippen molar-refractivity contribution in [2.75, 3.05) is 19.0 Å². The number of aliphatic hydroxyl groups is 1. The standard InChI is InChI=1S/C17H21NO2/c1-12-8-9-15(13(2)10-12)18-11-16(19)14-6-4-5-7-17(14)20-3/h4-10,16,18-19H,11H2,1-3H3. The van der Waals surface area contributed by atoms with E-state index in [1.165, 1.54) is 11.1 Å². The zero-order valence-electron chi connectivity index (χ0n) is 12.2. The summed E-state index contributed by atoms with van der Waals surface area (Å²) in [6.07, 6.45) is -0.605. The molecule has 0 radical (unpaired) electrons. The largest absolute Gasteiger partial charge is 0.496 e. The second kappa shape index (κ2) is 6.44. The van der Waals surface area contributed by atoms with Gasteiger partial charge in [0.2, 0.25) is 0 Å². The molecule has 1 atom stereocenters. The molecule has 2 rings (SSSR count). The maximum Gasteiger partial charge on any atom is 0.124 e. The van der Waals surface area contributed by atoms with E-state index in [-0.39, 0.29) is 0 Å². The molecule has 0 aromatic heterocycles. The quantitative estimate of drug-likeness (QED) is 0.875. The van der Waals surface area contributed by atoms with Gasteiger partial charge in [0, 0.05) is 17.8 Å². The minimum Gasteiger partial charge on any atom is -0.496 e. The Morgan fingerprint density at radius 3 is 2.60 bits per heavy atom. The van der Waals surface area contributed by atoms with Crippen molar-refractivity contribution in [1.82, 2.24) is 0 Å². The van der Waals surface area contributed by atoms with Gasteiger partial charge in [0.25, 0.3) is 0 Å². The molecule has 0 heterocycles. The lowest BCUT2D eigenvalue weighted by molar-refractivity contribution is 0.187. The fourth-order valence-electron chi connectivity index (χ4n) is 2.27. The zero-order chi connectivity index (χ0) is 14.5. The monoisotopic (exact) mass is 271 g/mol. The van der Waals surface area contributed by atoms with Crippen molar-refractivity contribution in [2.24, 2.45) is 0 Å². The minimum absolute atomic E-state index is 0.449. The van der Waals surface area contributed by atoms with Crippen LogP contribution < -0.4 is 10.1 Å². The number of para-hydroxylation sites is 1. The van der Waals surface area contributed by atoms with Crippen LogP contribution >= 0.6 is 0 Å². The lowest BCUT2D eigenvalue weighted by atomic mass is 10.1. The summed E-state index contributed by atoms with van der Waals surface area (Å²) in [4.78, 5) is 0. The Morgan fingerprint density at radius 2 is 1.90 bits per heavy atom. The Labute approximate surface area is 120 Å². The minimum atomic E-state index is -0.605. The molecule has 20 heavy (non-hydrogen) atoms. The summed E-state index contributed by atoms with van der Waals surface area (Å²) in [5.41, 5.74) is 4.26. The van der Waals surface area contributed by atoms with Crippen LogP contribution in [0.4, 0.5) is 5.69 Å².